The molecule has 32 heavy (non-hydrogen) atoms. The molecule has 2 heterocycles. The van der Waals surface area contributed by atoms with Gasteiger partial charge in [-0.25, -0.2) is 0 Å². The first-order chi connectivity index (χ1) is 15.5. The average Bonchev–Trinajstić information content (AvgIpc) is 2.83. The van der Waals surface area contributed by atoms with E-state index in [1.165, 1.54) is 7.11 Å². The topological polar surface area (TPSA) is 74.3 Å². The molecule has 0 saturated carbocycles. The smallest absolute Gasteiger partial charge is 0.307 e. The molecular weight excluding hydrogens is 410 g/mol. The van der Waals surface area contributed by atoms with Crippen molar-refractivity contribution in [1.82, 2.24) is 4.90 Å². The highest BCUT2D eigenvalue weighted by Crippen LogP contribution is 2.41. The van der Waals surface area contributed by atoms with Gasteiger partial charge in [0.05, 0.1) is 40.4 Å². The molecule has 0 saturated heterocycles. The van der Waals surface area contributed by atoms with Gasteiger partial charge in [0.1, 0.15) is 5.75 Å². The van der Waals surface area contributed by atoms with E-state index in [-0.39, 0.29) is 24.2 Å². The number of carbonyl (C=O) groups excluding carboxylic acids is 2. The number of carbonyl (C=O) groups is 2. The van der Waals surface area contributed by atoms with Crippen molar-refractivity contribution in [2.24, 2.45) is 0 Å². The summed E-state index contributed by atoms with van der Waals surface area (Å²) in [7, 11) is 4.54. The number of fused-ring (bicyclic) bond motifs is 2. The Morgan fingerprint density at radius 3 is 2.53 bits per heavy atom. The van der Waals surface area contributed by atoms with Crippen molar-refractivity contribution in [2.45, 2.75) is 37.6 Å². The van der Waals surface area contributed by atoms with E-state index in [1.807, 2.05) is 41.3 Å². The molecule has 0 bridgehead atoms. The minimum Gasteiger partial charge on any atom is -0.493 e. The summed E-state index contributed by atoms with van der Waals surface area (Å²) in [5.41, 5.74) is 3.03. The standard InChI is InChI=1S/C25H29NO6/c1-29-22-12-16-8-10-26(20(15-25(28)31-3)19(16)14-23(22)30-2)24(27)13-17-9-11-32-21-7-5-4-6-18(17)21/h4-7,12,14,17,20H,8-11,13,15H2,1-3H3/t17-,20+/m0/s1. The minimum absolute atomic E-state index is 0.0287. The van der Waals surface area contributed by atoms with Crippen molar-refractivity contribution >= 4 is 11.9 Å². The second kappa shape index (κ2) is 9.51. The Balaban J connectivity index is 1.63. The third kappa shape index (κ3) is 4.24. The monoisotopic (exact) mass is 439 g/mol. The number of hydrogen-bond acceptors (Lipinski definition) is 6. The molecule has 0 spiro atoms. The minimum atomic E-state index is -0.409. The van der Waals surface area contributed by atoms with Gasteiger partial charge in [-0.05, 0) is 53.6 Å². The van der Waals surface area contributed by atoms with Gasteiger partial charge >= 0.3 is 5.97 Å². The van der Waals surface area contributed by atoms with E-state index in [0.29, 0.717) is 37.5 Å². The number of esters is 1. The van der Waals surface area contributed by atoms with Gasteiger partial charge in [0.25, 0.3) is 0 Å². The van der Waals surface area contributed by atoms with Crippen molar-refractivity contribution in [1.29, 1.82) is 0 Å². The lowest BCUT2D eigenvalue weighted by molar-refractivity contribution is -0.144. The Kier molecular flexibility index (Phi) is 6.53. The fourth-order valence-corrected chi connectivity index (χ4v) is 4.74. The Hall–Kier alpha value is -3.22. The summed E-state index contributed by atoms with van der Waals surface area (Å²) in [5.74, 6) is 1.84. The van der Waals surface area contributed by atoms with E-state index in [9.17, 15) is 9.59 Å². The van der Waals surface area contributed by atoms with Crippen molar-refractivity contribution < 1.29 is 28.5 Å². The molecule has 0 unspecified atom stereocenters. The van der Waals surface area contributed by atoms with Crippen LogP contribution >= 0.6 is 0 Å². The summed E-state index contributed by atoms with van der Waals surface area (Å²) >= 11 is 0. The number of nitrogens with zero attached hydrogens (tertiary/aromatic N) is 1. The maximum atomic E-state index is 13.5. The Morgan fingerprint density at radius 1 is 1.03 bits per heavy atom. The van der Waals surface area contributed by atoms with Crippen LogP contribution in [0.25, 0.3) is 0 Å². The summed E-state index contributed by atoms with van der Waals surface area (Å²) < 4.78 is 21.6. The lowest BCUT2D eigenvalue weighted by atomic mass is 9.87. The molecule has 2 atom stereocenters. The molecule has 170 valence electrons. The number of para-hydroxylation sites is 1. The van der Waals surface area contributed by atoms with E-state index in [1.54, 1.807) is 14.2 Å². The average molecular weight is 440 g/mol. The van der Waals surface area contributed by atoms with E-state index in [2.05, 4.69) is 0 Å². The van der Waals surface area contributed by atoms with Gasteiger partial charge in [0.15, 0.2) is 11.5 Å². The summed E-state index contributed by atoms with van der Waals surface area (Å²) in [6.45, 7) is 1.13. The maximum absolute atomic E-state index is 13.5. The fraction of sp³-hybridized carbons (Fsp3) is 0.440. The lowest BCUT2D eigenvalue weighted by Gasteiger charge is -2.38. The van der Waals surface area contributed by atoms with Crippen LogP contribution in [0.4, 0.5) is 0 Å². The Labute approximate surface area is 188 Å². The number of ether oxygens (including phenoxy) is 4. The van der Waals surface area contributed by atoms with Gasteiger partial charge in [-0.1, -0.05) is 18.2 Å². The summed E-state index contributed by atoms with van der Waals surface area (Å²) in [5, 5.41) is 0. The molecule has 0 radical (unpaired) electrons. The molecule has 7 heteroatoms. The van der Waals surface area contributed by atoms with E-state index in [0.717, 1.165) is 28.9 Å². The highest BCUT2D eigenvalue weighted by molar-refractivity contribution is 5.80. The zero-order valence-corrected chi connectivity index (χ0v) is 18.8. The molecule has 0 N–H and O–H groups in total. The quantitative estimate of drug-likeness (QED) is 0.640. The van der Waals surface area contributed by atoms with Crippen LogP contribution in [0.1, 0.15) is 47.9 Å². The largest absolute Gasteiger partial charge is 0.493 e. The molecule has 2 aliphatic heterocycles. The zero-order valence-electron chi connectivity index (χ0n) is 18.8. The zero-order chi connectivity index (χ0) is 22.7. The molecule has 2 aromatic carbocycles. The Bertz CT molecular complexity index is 1000. The molecule has 4 rings (SSSR count). The number of amides is 1. The molecule has 2 aliphatic rings. The lowest BCUT2D eigenvalue weighted by Crippen LogP contribution is -2.41. The number of rotatable bonds is 6. The van der Waals surface area contributed by atoms with E-state index >= 15 is 0 Å². The van der Waals surface area contributed by atoms with Crippen LogP contribution < -0.4 is 14.2 Å². The Morgan fingerprint density at radius 2 is 1.78 bits per heavy atom. The van der Waals surface area contributed by atoms with Crippen molar-refractivity contribution in [2.75, 3.05) is 34.5 Å². The maximum Gasteiger partial charge on any atom is 0.307 e. The van der Waals surface area contributed by atoms with Gasteiger partial charge in [0, 0.05) is 13.0 Å². The van der Waals surface area contributed by atoms with Gasteiger partial charge in [-0.3, -0.25) is 9.59 Å². The second-order valence-corrected chi connectivity index (χ2v) is 8.12. The molecule has 1 amide bonds. The SMILES string of the molecule is COC(=O)C[C@@H]1c2cc(OC)c(OC)cc2CCN1C(=O)C[C@@H]1CCOc2ccccc21. The summed E-state index contributed by atoms with van der Waals surface area (Å²) in [6, 6.07) is 11.3. The first-order valence-electron chi connectivity index (χ1n) is 10.9. The van der Waals surface area contributed by atoms with Crippen LogP contribution in [0.2, 0.25) is 0 Å². The molecule has 2 aromatic rings. The van der Waals surface area contributed by atoms with Crippen LogP contribution in [0.15, 0.2) is 36.4 Å². The highest BCUT2D eigenvalue weighted by atomic mass is 16.5. The van der Waals surface area contributed by atoms with Gasteiger partial charge in [0.2, 0.25) is 5.91 Å². The highest BCUT2D eigenvalue weighted by Gasteiger charge is 2.35. The summed E-state index contributed by atoms with van der Waals surface area (Å²) in [4.78, 5) is 27.6. The number of methoxy groups -OCH3 is 3. The van der Waals surface area contributed by atoms with Crippen molar-refractivity contribution in [3.8, 4) is 17.2 Å². The number of hydrogen-bond donors (Lipinski definition) is 0. The molecule has 0 aliphatic carbocycles. The second-order valence-electron chi connectivity index (χ2n) is 8.12. The van der Waals surface area contributed by atoms with E-state index in [4.69, 9.17) is 18.9 Å². The predicted octanol–water partition coefficient (Wildman–Crippen LogP) is 3.65. The molecule has 0 fully saturated rings. The van der Waals surface area contributed by atoms with E-state index < -0.39 is 6.04 Å². The van der Waals surface area contributed by atoms with Crippen LogP contribution in [0.5, 0.6) is 17.2 Å². The van der Waals surface area contributed by atoms with Crippen LogP contribution in [-0.2, 0) is 20.7 Å². The molecular formula is C25H29NO6. The van der Waals surface area contributed by atoms with Crippen LogP contribution in [0, 0.1) is 0 Å². The third-order valence-corrected chi connectivity index (χ3v) is 6.41. The predicted molar refractivity (Wildman–Crippen MR) is 118 cm³/mol. The molecule has 0 aromatic heterocycles. The van der Waals surface area contributed by atoms with Gasteiger partial charge in [-0.15, -0.1) is 0 Å². The first kappa shape index (κ1) is 22.0. The first-order valence-corrected chi connectivity index (χ1v) is 10.9. The third-order valence-electron chi connectivity index (χ3n) is 6.41. The van der Waals surface area contributed by atoms with Gasteiger partial charge in [-0.2, -0.15) is 0 Å². The van der Waals surface area contributed by atoms with Crippen LogP contribution in [-0.4, -0.2) is 51.3 Å². The van der Waals surface area contributed by atoms with Gasteiger partial charge < -0.3 is 23.8 Å². The fourth-order valence-electron chi connectivity index (χ4n) is 4.74. The number of benzene rings is 2. The van der Waals surface area contributed by atoms with Crippen LogP contribution in [0.3, 0.4) is 0 Å². The molecule has 7 nitrogen and oxygen atoms in total. The normalized spacial score (nSPS) is 19.3. The summed E-state index contributed by atoms with van der Waals surface area (Å²) in [6.07, 6.45) is 1.94. The van der Waals surface area contributed by atoms with Crippen molar-refractivity contribution in [3.63, 3.8) is 0 Å². The van der Waals surface area contributed by atoms with Crippen molar-refractivity contribution in [3.05, 3.63) is 53.1 Å².